The van der Waals surface area contributed by atoms with E-state index in [0.29, 0.717) is 18.8 Å². The molecule has 0 unspecified atom stereocenters. The summed E-state index contributed by atoms with van der Waals surface area (Å²) in [7, 11) is 1.78. The van der Waals surface area contributed by atoms with E-state index < -0.39 is 0 Å². The number of aromatic nitrogens is 3. The molecule has 6 nitrogen and oxygen atoms in total. The summed E-state index contributed by atoms with van der Waals surface area (Å²) < 4.78 is 1.80. The fraction of sp³-hybridized carbons (Fsp3) is 0.316. The van der Waals surface area contributed by atoms with Crippen LogP contribution < -0.4 is 5.73 Å². The third kappa shape index (κ3) is 4.94. The van der Waals surface area contributed by atoms with Gasteiger partial charge in [-0.25, -0.2) is 9.67 Å². The van der Waals surface area contributed by atoms with Crippen LogP contribution >= 0.6 is 23.7 Å². The van der Waals surface area contributed by atoms with Crippen molar-refractivity contribution in [3.8, 4) is 16.3 Å². The van der Waals surface area contributed by atoms with Gasteiger partial charge in [0.05, 0.1) is 11.9 Å². The van der Waals surface area contributed by atoms with Crippen LogP contribution in [-0.2, 0) is 0 Å². The van der Waals surface area contributed by atoms with E-state index in [1.165, 1.54) is 11.3 Å². The average Bonchev–Trinajstić information content (AvgIpc) is 3.31. The smallest absolute Gasteiger partial charge is 0.273 e. The van der Waals surface area contributed by atoms with Crippen molar-refractivity contribution in [3.05, 3.63) is 53.8 Å². The Morgan fingerprint density at radius 2 is 2.00 bits per heavy atom. The number of halogens is 1. The summed E-state index contributed by atoms with van der Waals surface area (Å²) in [6.07, 6.45) is 3.69. The first-order valence-corrected chi connectivity index (χ1v) is 9.29. The number of carbonyl (C=O) groups excluding carboxylic acids is 1. The number of hydrogen-bond acceptors (Lipinski definition) is 5. The number of thiazole rings is 1. The van der Waals surface area contributed by atoms with Gasteiger partial charge in [0.15, 0.2) is 0 Å². The number of carbonyl (C=O) groups is 1. The van der Waals surface area contributed by atoms with Crippen molar-refractivity contribution in [3.63, 3.8) is 0 Å². The van der Waals surface area contributed by atoms with Crippen LogP contribution in [0.5, 0.6) is 0 Å². The van der Waals surface area contributed by atoms with Crippen LogP contribution in [0.25, 0.3) is 16.3 Å². The average molecular weight is 406 g/mol. The second-order valence-corrected chi connectivity index (χ2v) is 7.93. The molecule has 8 heteroatoms. The van der Waals surface area contributed by atoms with Gasteiger partial charge in [-0.15, -0.1) is 23.7 Å². The number of benzene rings is 1. The van der Waals surface area contributed by atoms with Gasteiger partial charge >= 0.3 is 0 Å². The van der Waals surface area contributed by atoms with Gasteiger partial charge in [-0.05, 0) is 24.1 Å². The summed E-state index contributed by atoms with van der Waals surface area (Å²) in [6.45, 7) is 5.19. The predicted molar refractivity (Wildman–Crippen MR) is 112 cm³/mol. The molecule has 3 rings (SSSR count). The lowest BCUT2D eigenvalue weighted by atomic mass is 9.93. The Balaban J connectivity index is 0.00000261. The van der Waals surface area contributed by atoms with Crippen molar-refractivity contribution in [1.29, 1.82) is 0 Å². The van der Waals surface area contributed by atoms with Gasteiger partial charge in [0.1, 0.15) is 10.7 Å². The molecule has 3 aromatic rings. The van der Waals surface area contributed by atoms with E-state index in [-0.39, 0.29) is 23.7 Å². The lowest BCUT2D eigenvalue weighted by molar-refractivity contribution is 0.0735. The predicted octanol–water partition coefficient (Wildman–Crippen LogP) is 3.47. The van der Waals surface area contributed by atoms with Crippen molar-refractivity contribution in [2.24, 2.45) is 11.1 Å². The van der Waals surface area contributed by atoms with Crippen LogP contribution in [-0.4, -0.2) is 45.7 Å². The highest BCUT2D eigenvalue weighted by molar-refractivity contribution is 7.13. The van der Waals surface area contributed by atoms with Gasteiger partial charge in [0, 0.05) is 30.7 Å². The molecule has 0 saturated carbocycles. The summed E-state index contributed by atoms with van der Waals surface area (Å²) in [6, 6.07) is 9.88. The van der Waals surface area contributed by atoms with Crippen LogP contribution in [0.2, 0.25) is 0 Å². The fourth-order valence-electron chi connectivity index (χ4n) is 2.63. The van der Waals surface area contributed by atoms with Crippen molar-refractivity contribution in [2.45, 2.75) is 13.8 Å². The summed E-state index contributed by atoms with van der Waals surface area (Å²) >= 11 is 1.44. The van der Waals surface area contributed by atoms with E-state index in [2.05, 4.69) is 10.1 Å². The van der Waals surface area contributed by atoms with Gasteiger partial charge in [0.2, 0.25) is 0 Å². The van der Waals surface area contributed by atoms with Gasteiger partial charge in [0.25, 0.3) is 5.91 Å². The Kier molecular flexibility index (Phi) is 6.75. The number of rotatable bonds is 6. The fourth-order valence-corrected chi connectivity index (χ4v) is 3.40. The van der Waals surface area contributed by atoms with E-state index in [9.17, 15) is 4.79 Å². The highest BCUT2D eigenvalue weighted by Crippen LogP contribution is 2.25. The molecule has 0 bridgehead atoms. The Hall–Kier alpha value is -2.22. The number of hydrogen-bond donors (Lipinski definition) is 1. The van der Waals surface area contributed by atoms with Crippen molar-refractivity contribution in [2.75, 3.05) is 20.1 Å². The first kappa shape index (κ1) is 21.1. The van der Waals surface area contributed by atoms with Gasteiger partial charge in [-0.3, -0.25) is 4.79 Å². The number of amides is 1. The molecule has 144 valence electrons. The Morgan fingerprint density at radius 1 is 1.30 bits per heavy atom. The van der Waals surface area contributed by atoms with Crippen molar-refractivity contribution in [1.82, 2.24) is 19.7 Å². The number of para-hydroxylation sites is 1. The first-order chi connectivity index (χ1) is 12.4. The lowest BCUT2D eigenvalue weighted by Gasteiger charge is -2.28. The topological polar surface area (TPSA) is 77.0 Å². The standard InChI is InChI=1S/C19H23N5OS.ClH/c1-19(2,12-20)13-23(3)18(25)16-11-26-17(22-16)14-9-21-24(10-14)15-7-5-4-6-8-15;/h4-11H,12-13,20H2,1-3H3;1H. The van der Waals surface area contributed by atoms with Gasteiger partial charge in [-0.2, -0.15) is 5.10 Å². The third-order valence-electron chi connectivity index (χ3n) is 4.14. The maximum absolute atomic E-state index is 12.6. The molecule has 0 aliphatic heterocycles. The van der Waals surface area contributed by atoms with Crippen LogP contribution in [0.1, 0.15) is 24.3 Å². The molecule has 0 fully saturated rings. The molecule has 1 aromatic carbocycles. The van der Waals surface area contributed by atoms with Crippen LogP contribution in [0.15, 0.2) is 48.1 Å². The third-order valence-corrected chi connectivity index (χ3v) is 5.03. The van der Waals surface area contributed by atoms with Crippen molar-refractivity contribution < 1.29 is 4.79 Å². The zero-order valence-corrected chi connectivity index (χ0v) is 17.3. The Morgan fingerprint density at radius 3 is 2.67 bits per heavy atom. The highest BCUT2D eigenvalue weighted by Gasteiger charge is 2.23. The molecule has 0 radical (unpaired) electrons. The zero-order valence-electron chi connectivity index (χ0n) is 15.6. The molecule has 0 aliphatic carbocycles. The maximum Gasteiger partial charge on any atom is 0.273 e. The van der Waals surface area contributed by atoms with E-state index in [4.69, 9.17) is 5.73 Å². The minimum absolute atomic E-state index is 0. The monoisotopic (exact) mass is 405 g/mol. The van der Waals surface area contributed by atoms with Crippen LogP contribution in [0.3, 0.4) is 0 Å². The normalized spacial score (nSPS) is 11.1. The van der Waals surface area contributed by atoms with Crippen molar-refractivity contribution >= 4 is 29.7 Å². The summed E-state index contributed by atoms with van der Waals surface area (Å²) in [5.74, 6) is -0.0931. The molecule has 0 aliphatic rings. The molecule has 0 atom stereocenters. The Bertz CT molecular complexity index is 890. The summed E-state index contributed by atoms with van der Waals surface area (Å²) in [4.78, 5) is 18.8. The lowest BCUT2D eigenvalue weighted by Crippen LogP contribution is -2.39. The molecule has 2 N–H and O–H groups in total. The molecule has 2 aromatic heterocycles. The van der Waals surface area contributed by atoms with Crippen LogP contribution in [0, 0.1) is 5.41 Å². The quantitative estimate of drug-likeness (QED) is 0.681. The number of nitrogens with two attached hydrogens (primary N) is 1. The number of nitrogens with zero attached hydrogens (tertiary/aromatic N) is 4. The molecular formula is C19H24ClN5OS. The van der Waals surface area contributed by atoms with E-state index in [0.717, 1.165) is 16.3 Å². The van der Waals surface area contributed by atoms with E-state index in [1.54, 1.807) is 28.2 Å². The second kappa shape index (κ2) is 8.65. The maximum atomic E-state index is 12.6. The minimum Gasteiger partial charge on any atom is -0.340 e. The first-order valence-electron chi connectivity index (χ1n) is 8.41. The highest BCUT2D eigenvalue weighted by atomic mass is 35.5. The molecule has 0 spiro atoms. The Labute approximate surface area is 169 Å². The molecular weight excluding hydrogens is 382 g/mol. The largest absolute Gasteiger partial charge is 0.340 e. The molecule has 0 saturated heterocycles. The van der Waals surface area contributed by atoms with Gasteiger partial charge < -0.3 is 10.6 Å². The summed E-state index contributed by atoms with van der Waals surface area (Å²) in [5, 5.41) is 6.96. The van der Waals surface area contributed by atoms with E-state index >= 15 is 0 Å². The minimum atomic E-state index is -0.125. The molecule has 27 heavy (non-hydrogen) atoms. The van der Waals surface area contributed by atoms with Gasteiger partial charge in [-0.1, -0.05) is 32.0 Å². The van der Waals surface area contributed by atoms with E-state index in [1.807, 2.05) is 50.4 Å². The SMILES string of the molecule is CN(CC(C)(C)CN)C(=O)c1csc(-c2cnn(-c3ccccc3)c2)n1.Cl. The molecule has 1 amide bonds. The zero-order chi connectivity index (χ0) is 18.7. The summed E-state index contributed by atoms with van der Waals surface area (Å²) in [5.41, 5.74) is 7.96. The second-order valence-electron chi connectivity index (χ2n) is 7.08. The molecule has 2 heterocycles. The van der Waals surface area contributed by atoms with Crippen LogP contribution in [0.4, 0.5) is 0 Å².